The van der Waals surface area contributed by atoms with Gasteiger partial charge >= 0.3 is 6.09 Å². The van der Waals surface area contributed by atoms with Crippen LogP contribution in [-0.2, 0) is 0 Å². The third-order valence-corrected chi connectivity index (χ3v) is 3.36. The maximum Gasteiger partial charge on any atom is 0.417 e. The highest BCUT2D eigenvalue weighted by Crippen LogP contribution is 2.32. The molecule has 0 aliphatic rings. The molecule has 1 N–H and O–H groups in total. The Morgan fingerprint density at radius 2 is 2.00 bits per heavy atom. The summed E-state index contributed by atoms with van der Waals surface area (Å²) in [5.74, 6) is -1.36. The molecule has 0 aliphatic carbocycles. The van der Waals surface area contributed by atoms with E-state index >= 15 is 0 Å². The van der Waals surface area contributed by atoms with Gasteiger partial charge in [-0.05, 0) is 52.7 Å². The number of ether oxygens (including phenoxy) is 1. The van der Waals surface area contributed by atoms with Crippen molar-refractivity contribution in [1.82, 2.24) is 0 Å². The third-order valence-electron chi connectivity index (χ3n) is 2.56. The highest BCUT2D eigenvalue weighted by atomic mass is 79.9. The van der Waals surface area contributed by atoms with Crippen LogP contribution in [-0.4, -0.2) is 6.09 Å². The van der Waals surface area contributed by atoms with Gasteiger partial charge in [-0.1, -0.05) is 11.6 Å². The largest absolute Gasteiger partial charge is 0.417 e. The molecule has 0 saturated carbocycles. The van der Waals surface area contributed by atoms with Crippen LogP contribution in [0.3, 0.4) is 0 Å². The summed E-state index contributed by atoms with van der Waals surface area (Å²) in [6.45, 7) is 1.71. The second-order valence-electron chi connectivity index (χ2n) is 4.17. The summed E-state index contributed by atoms with van der Waals surface area (Å²) >= 11 is 9.08. The smallest absolute Gasteiger partial charge is 0.409 e. The van der Waals surface area contributed by atoms with Crippen molar-refractivity contribution in [2.24, 2.45) is 0 Å². The molecule has 0 bridgehead atoms. The fourth-order valence-electron chi connectivity index (χ4n) is 1.64. The molecule has 0 atom stereocenters. The van der Waals surface area contributed by atoms with E-state index < -0.39 is 17.7 Å². The van der Waals surface area contributed by atoms with E-state index in [9.17, 15) is 13.6 Å². The fourth-order valence-corrected chi connectivity index (χ4v) is 2.68. The number of benzene rings is 2. The summed E-state index contributed by atoms with van der Waals surface area (Å²) in [5, 5.41) is 2.68. The van der Waals surface area contributed by atoms with Crippen molar-refractivity contribution in [2.45, 2.75) is 6.92 Å². The van der Waals surface area contributed by atoms with Gasteiger partial charge in [0, 0.05) is 11.1 Å². The number of anilines is 1. The van der Waals surface area contributed by atoms with E-state index in [1.54, 1.807) is 19.1 Å². The first-order valence-corrected chi connectivity index (χ1v) is 6.93. The molecule has 21 heavy (non-hydrogen) atoms. The second kappa shape index (κ2) is 6.41. The second-order valence-corrected chi connectivity index (χ2v) is 5.46. The SMILES string of the molecule is Cc1cc(Cl)cc(Br)c1OC(=O)Nc1ccc(F)cc1F. The van der Waals surface area contributed by atoms with Gasteiger partial charge in [-0.2, -0.15) is 0 Å². The van der Waals surface area contributed by atoms with Crippen molar-refractivity contribution in [3.05, 3.63) is 57.0 Å². The molecule has 0 unspecified atom stereocenters. The van der Waals surface area contributed by atoms with Crippen LogP contribution in [0.25, 0.3) is 0 Å². The Morgan fingerprint density at radius 1 is 1.29 bits per heavy atom. The molecule has 2 aromatic carbocycles. The highest BCUT2D eigenvalue weighted by Gasteiger charge is 2.14. The predicted octanol–water partition coefficient (Wildman–Crippen LogP) is 5.30. The molecule has 110 valence electrons. The number of halogens is 4. The monoisotopic (exact) mass is 375 g/mol. The van der Waals surface area contributed by atoms with E-state index in [1.165, 1.54) is 0 Å². The highest BCUT2D eigenvalue weighted by molar-refractivity contribution is 9.10. The summed E-state index contributed by atoms with van der Waals surface area (Å²) < 4.78 is 31.8. The molecule has 1 amide bonds. The Kier molecular flexibility index (Phi) is 4.80. The number of rotatable bonds is 2. The molecule has 0 aromatic heterocycles. The number of carbonyl (C=O) groups excluding carboxylic acids is 1. The molecule has 0 aliphatic heterocycles. The maximum atomic E-state index is 13.4. The topological polar surface area (TPSA) is 38.3 Å². The van der Waals surface area contributed by atoms with E-state index in [2.05, 4.69) is 21.2 Å². The first kappa shape index (κ1) is 15.7. The Bertz CT molecular complexity index is 686. The Labute approximate surface area is 133 Å². The van der Waals surface area contributed by atoms with Gasteiger partial charge in [0.2, 0.25) is 0 Å². The van der Waals surface area contributed by atoms with Gasteiger partial charge < -0.3 is 4.74 Å². The van der Waals surface area contributed by atoms with E-state index in [0.29, 0.717) is 21.1 Å². The average molecular weight is 377 g/mol. The van der Waals surface area contributed by atoms with Crippen molar-refractivity contribution in [2.75, 3.05) is 5.32 Å². The predicted molar refractivity (Wildman–Crippen MR) is 79.9 cm³/mol. The number of carbonyl (C=O) groups is 1. The molecule has 2 rings (SSSR count). The minimum absolute atomic E-state index is 0.177. The Balaban J connectivity index is 2.16. The van der Waals surface area contributed by atoms with Crippen molar-refractivity contribution < 1.29 is 18.3 Å². The van der Waals surface area contributed by atoms with E-state index in [-0.39, 0.29) is 11.4 Å². The van der Waals surface area contributed by atoms with Crippen LogP contribution in [0.15, 0.2) is 34.8 Å². The lowest BCUT2D eigenvalue weighted by atomic mass is 10.2. The van der Waals surface area contributed by atoms with E-state index in [0.717, 1.165) is 12.1 Å². The van der Waals surface area contributed by atoms with E-state index in [1.807, 2.05) is 0 Å². The molecule has 3 nitrogen and oxygen atoms in total. The summed E-state index contributed by atoms with van der Waals surface area (Å²) in [7, 11) is 0. The van der Waals surface area contributed by atoms with Crippen molar-refractivity contribution in [1.29, 1.82) is 0 Å². The molecule has 0 radical (unpaired) electrons. The Hall–Kier alpha value is -1.66. The quantitative estimate of drug-likeness (QED) is 0.772. The normalized spacial score (nSPS) is 10.3. The van der Waals surface area contributed by atoms with E-state index in [4.69, 9.17) is 16.3 Å². The van der Waals surface area contributed by atoms with Gasteiger partial charge in [0.25, 0.3) is 0 Å². The lowest BCUT2D eigenvalue weighted by molar-refractivity contribution is 0.214. The van der Waals surface area contributed by atoms with Gasteiger partial charge in [0.1, 0.15) is 17.4 Å². The van der Waals surface area contributed by atoms with Gasteiger partial charge in [0.05, 0.1) is 10.2 Å². The average Bonchev–Trinajstić information content (AvgIpc) is 2.37. The lowest BCUT2D eigenvalue weighted by Gasteiger charge is -2.11. The number of nitrogens with one attached hydrogen (secondary N) is 1. The standard InChI is InChI=1S/C14H9BrClF2NO2/c1-7-4-8(16)5-10(15)13(7)21-14(20)19-12-3-2-9(17)6-11(12)18/h2-6H,1H3,(H,19,20). The summed E-state index contributed by atoms with van der Waals surface area (Å²) in [6.07, 6.45) is -0.897. The van der Waals surface area contributed by atoms with Crippen LogP contribution < -0.4 is 10.1 Å². The number of hydrogen-bond acceptors (Lipinski definition) is 2. The van der Waals surface area contributed by atoms with Crippen LogP contribution in [0.4, 0.5) is 19.3 Å². The molecular weight excluding hydrogens is 368 g/mol. The van der Waals surface area contributed by atoms with Gasteiger partial charge in [-0.3, -0.25) is 5.32 Å². The zero-order valence-corrected chi connectivity index (χ0v) is 13.1. The fraction of sp³-hybridized carbons (Fsp3) is 0.0714. The van der Waals surface area contributed by atoms with Crippen LogP contribution >= 0.6 is 27.5 Å². The van der Waals surface area contributed by atoms with Crippen LogP contribution in [0, 0.1) is 18.6 Å². The molecule has 0 spiro atoms. The van der Waals surface area contributed by atoms with Crippen molar-refractivity contribution in [3.63, 3.8) is 0 Å². The van der Waals surface area contributed by atoms with Crippen LogP contribution in [0.5, 0.6) is 5.75 Å². The number of hydrogen-bond donors (Lipinski definition) is 1. The first-order chi connectivity index (χ1) is 9.86. The molecular formula is C14H9BrClF2NO2. The Morgan fingerprint density at radius 3 is 2.62 bits per heavy atom. The zero-order chi connectivity index (χ0) is 15.6. The van der Waals surface area contributed by atoms with Gasteiger partial charge in [-0.15, -0.1) is 0 Å². The summed E-state index contributed by atoms with van der Waals surface area (Å²) in [5.41, 5.74) is 0.452. The molecule has 0 fully saturated rings. The van der Waals surface area contributed by atoms with Gasteiger partial charge in [0.15, 0.2) is 0 Å². The summed E-state index contributed by atoms with van der Waals surface area (Å²) in [6, 6.07) is 5.99. The molecule has 0 saturated heterocycles. The van der Waals surface area contributed by atoms with Gasteiger partial charge in [-0.25, -0.2) is 13.6 Å². The number of aryl methyl sites for hydroxylation is 1. The zero-order valence-electron chi connectivity index (χ0n) is 10.7. The number of amides is 1. The summed E-state index contributed by atoms with van der Waals surface area (Å²) in [4.78, 5) is 11.8. The first-order valence-electron chi connectivity index (χ1n) is 5.76. The lowest BCUT2D eigenvalue weighted by Crippen LogP contribution is -2.18. The van der Waals surface area contributed by atoms with Crippen molar-refractivity contribution >= 4 is 39.3 Å². The minimum Gasteiger partial charge on any atom is -0.409 e. The van der Waals surface area contributed by atoms with Crippen LogP contribution in [0.1, 0.15) is 5.56 Å². The molecule has 0 heterocycles. The molecule has 2 aromatic rings. The van der Waals surface area contributed by atoms with Crippen molar-refractivity contribution in [3.8, 4) is 5.75 Å². The third kappa shape index (κ3) is 3.92. The molecule has 7 heteroatoms. The minimum atomic E-state index is -0.897. The maximum absolute atomic E-state index is 13.4. The van der Waals surface area contributed by atoms with Crippen LogP contribution in [0.2, 0.25) is 5.02 Å².